The number of nitrogens with zero attached hydrogens (tertiary/aromatic N) is 4. The molecule has 2 rings (SSSR count). The highest BCUT2D eigenvalue weighted by Gasteiger charge is 2.04. The molecule has 19 heavy (non-hydrogen) atoms. The summed E-state index contributed by atoms with van der Waals surface area (Å²) in [4.78, 5) is 8.12. The fourth-order valence-electron chi connectivity index (χ4n) is 1.76. The van der Waals surface area contributed by atoms with Crippen LogP contribution in [0.15, 0.2) is 31.0 Å². The monoisotopic (exact) mass is 256 g/mol. The molecule has 0 saturated carbocycles. The summed E-state index contributed by atoms with van der Waals surface area (Å²) in [6.45, 7) is 1.73. The van der Waals surface area contributed by atoms with Gasteiger partial charge in [-0.3, -0.25) is 0 Å². The van der Waals surface area contributed by atoms with E-state index < -0.39 is 0 Å². The molecule has 0 amide bonds. The summed E-state index contributed by atoms with van der Waals surface area (Å²) in [7, 11) is 0. The Morgan fingerprint density at radius 2 is 2.26 bits per heavy atom. The minimum Gasteiger partial charge on any atom is -0.395 e. The number of anilines is 2. The van der Waals surface area contributed by atoms with Crippen LogP contribution in [0.1, 0.15) is 18.4 Å². The molecule has 2 heterocycles. The molecule has 6 nitrogen and oxygen atoms in total. The summed E-state index contributed by atoms with van der Waals surface area (Å²) in [6, 6.07) is 3.65. The minimum absolute atomic E-state index is 0.416. The molecule has 0 fully saturated rings. The number of nitrogens with one attached hydrogen (secondary N) is 1. The molecule has 0 aromatic carbocycles. The first-order chi connectivity index (χ1) is 9.31. The predicted octanol–water partition coefficient (Wildman–Crippen LogP) is 1.62. The predicted molar refractivity (Wildman–Crippen MR) is 73.3 cm³/mol. The van der Waals surface area contributed by atoms with Crippen LogP contribution in [0.5, 0.6) is 0 Å². The highest BCUT2D eigenvalue weighted by atomic mass is 15.0. The lowest BCUT2D eigenvalue weighted by Crippen LogP contribution is -2.08. The van der Waals surface area contributed by atoms with Crippen LogP contribution in [0, 0.1) is 11.3 Å². The Labute approximate surface area is 111 Å². The zero-order chi connectivity index (χ0) is 13.5. The van der Waals surface area contributed by atoms with E-state index in [1.54, 1.807) is 18.5 Å². The number of hydrogen-bond donors (Lipinski definition) is 2. The number of rotatable bonds is 6. The van der Waals surface area contributed by atoms with Crippen LogP contribution >= 0.6 is 0 Å². The second-order valence-corrected chi connectivity index (χ2v) is 4.17. The molecule has 0 spiro atoms. The summed E-state index contributed by atoms with van der Waals surface area (Å²) in [5, 5.41) is 12.0. The normalized spacial score (nSPS) is 10.1. The van der Waals surface area contributed by atoms with Gasteiger partial charge in [-0.25, -0.2) is 9.97 Å². The maximum absolute atomic E-state index is 8.86. The van der Waals surface area contributed by atoms with Gasteiger partial charge in [0.05, 0.1) is 17.6 Å². The van der Waals surface area contributed by atoms with Crippen molar-refractivity contribution in [1.29, 1.82) is 5.26 Å². The largest absolute Gasteiger partial charge is 0.395 e. The van der Waals surface area contributed by atoms with Gasteiger partial charge >= 0.3 is 0 Å². The van der Waals surface area contributed by atoms with Crippen LogP contribution in [0.2, 0.25) is 0 Å². The maximum Gasteiger partial charge on any atom is 0.150 e. The zero-order valence-corrected chi connectivity index (χ0v) is 10.6. The lowest BCUT2D eigenvalue weighted by molar-refractivity contribution is 0.621. The van der Waals surface area contributed by atoms with Crippen molar-refractivity contribution in [2.45, 2.75) is 19.4 Å². The second kappa shape index (κ2) is 6.40. The third-order valence-electron chi connectivity index (χ3n) is 2.81. The number of aryl methyl sites for hydroxylation is 1. The van der Waals surface area contributed by atoms with Gasteiger partial charge in [0, 0.05) is 31.7 Å². The number of pyridine rings is 1. The van der Waals surface area contributed by atoms with Crippen molar-refractivity contribution < 1.29 is 0 Å². The second-order valence-electron chi connectivity index (χ2n) is 4.17. The van der Waals surface area contributed by atoms with Gasteiger partial charge in [0.2, 0.25) is 0 Å². The van der Waals surface area contributed by atoms with Gasteiger partial charge in [-0.15, -0.1) is 0 Å². The highest BCUT2D eigenvalue weighted by Crippen LogP contribution is 2.18. The van der Waals surface area contributed by atoms with Gasteiger partial charge in [-0.1, -0.05) is 0 Å². The molecular formula is C13H16N6. The molecule has 0 unspecified atom stereocenters. The zero-order valence-electron chi connectivity index (χ0n) is 10.6. The molecule has 0 aliphatic rings. The first-order valence-corrected chi connectivity index (χ1v) is 6.15. The fraction of sp³-hybridized carbons (Fsp3) is 0.308. The van der Waals surface area contributed by atoms with E-state index in [-0.39, 0.29) is 0 Å². The highest BCUT2D eigenvalue weighted by molar-refractivity contribution is 5.68. The Kier molecular flexibility index (Phi) is 4.34. The third kappa shape index (κ3) is 3.45. The van der Waals surface area contributed by atoms with Gasteiger partial charge in [0.1, 0.15) is 6.07 Å². The average Bonchev–Trinajstić information content (AvgIpc) is 2.93. The summed E-state index contributed by atoms with van der Waals surface area (Å²) in [5.74, 6) is 0.585. The maximum atomic E-state index is 8.86. The molecule has 0 bridgehead atoms. The standard InChI is InChI=1S/C13H16N6/c14-9-11-3-5-18-13(12(11)15)17-4-1-2-7-19-8-6-16-10-19/h3,5-6,8,10H,1-2,4,7,15H2,(H,17,18). The minimum atomic E-state index is 0.416. The van der Waals surface area contributed by atoms with Crippen molar-refractivity contribution in [1.82, 2.24) is 14.5 Å². The quantitative estimate of drug-likeness (QED) is 0.766. The lowest BCUT2D eigenvalue weighted by Gasteiger charge is -2.08. The van der Waals surface area contributed by atoms with E-state index in [1.807, 2.05) is 23.2 Å². The number of unbranched alkanes of at least 4 members (excludes halogenated alkanes) is 1. The van der Waals surface area contributed by atoms with Crippen LogP contribution in [0.25, 0.3) is 0 Å². The van der Waals surface area contributed by atoms with Gasteiger partial charge in [0.15, 0.2) is 5.82 Å². The molecule has 0 aliphatic heterocycles. The van der Waals surface area contributed by atoms with Crippen molar-refractivity contribution in [2.24, 2.45) is 0 Å². The SMILES string of the molecule is N#Cc1ccnc(NCCCCn2ccnc2)c1N. The number of hydrogen-bond acceptors (Lipinski definition) is 5. The van der Waals surface area contributed by atoms with Crippen molar-refractivity contribution in [3.8, 4) is 6.07 Å². The van der Waals surface area contributed by atoms with Crippen molar-refractivity contribution in [3.05, 3.63) is 36.5 Å². The van der Waals surface area contributed by atoms with Crippen molar-refractivity contribution in [2.75, 3.05) is 17.6 Å². The topological polar surface area (TPSA) is 92.5 Å². The van der Waals surface area contributed by atoms with Gasteiger partial charge in [-0.2, -0.15) is 5.26 Å². The van der Waals surface area contributed by atoms with Crippen LogP contribution in [0.3, 0.4) is 0 Å². The number of imidazole rings is 1. The molecule has 0 atom stereocenters. The summed E-state index contributed by atoms with van der Waals surface area (Å²) in [5.41, 5.74) is 6.70. The van der Waals surface area contributed by atoms with Crippen molar-refractivity contribution in [3.63, 3.8) is 0 Å². The van der Waals surface area contributed by atoms with Crippen LogP contribution in [-0.2, 0) is 6.54 Å². The van der Waals surface area contributed by atoms with Crippen LogP contribution in [-0.4, -0.2) is 21.1 Å². The van der Waals surface area contributed by atoms with E-state index in [0.717, 1.165) is 25.9 Å². The molecule has 2 aromatic rings. The Bertz CT molecular complexity index is 555. The smallest absolute Gasteiger partial charge is 0.150 e. The molecule has 0 aliphatic carbocycles. The third-order valence-corrected chi connectivity index (χ3v) is 2.81. The number of nitriles is 1. The average molecular weight is 256 g/mol. The van der Waals surface area contributed by atoms with E-state index in [4.69, 9.17) is 11.0 Å². The number of nitrogens with two attached hydrogens (primary N) is 1. The Morgan fingerprint density at radius 1 is 1.37 bits per heavy atom. The van der Waals surface area contributed by atoms with E-state index in [0.29, 0.717) is 17.1 Å². The Morgan fingerprint density at radius 3 is 3.00 bits per heavy atom. The summed E-state index contributed by atoms with van der Waals surface area (Å²) >= 11 is 0. The first-order valence-electron chi connectivity index (χ1n) is 6.15. The summed E-state index contributed by atoms with van der Waals surface area (Å²) < 4.78 is 2.04. The van der Waals surface area contributed by atoms with Crippen molar-refractivity contribution >= 4 is 11.5 Å². The van der Waals surface area contributed by atoms with Gasteiger partial charge < -0.3 is 15.6 Å². The number of nitrogen functional groups attached to an aromatic ring is 1. The van der Waals surface area contributed by atoms with E-state index in [1.165, 1.54) is 0 Å². The summed E-state index contributed by atoms with van der Waals surface area (Å²) in [6.07, 6.45) is 9.16. The Hall–Kier alpha value is -2.55. The lowest BCUT2D eigenvalue weighted by atomic mass is 10.2. The molecule has 2 aromatic heterocycles. The Balaban J connectivity index is 1.75. The molecule has 0 radical (unpaired) electrons. The molecule has 0 saturated heterocycles. The molecule has 3 N–H and O–H groups in total. The van der Waals surface area contributed by atoms with Gasteiger partial charge in [0.25, 0.3) is 0 Å². The molecular weight excluding hydrogens is 240 g/mol. The van der Waals surface area contributed by atoms with E-state index >= 15 is 0 Å². The molecule has 98 valence electrons. The fourth-order valence-corrected chi connectivity index (χ4v) is 1.76. The van der Waals surface area contributed by atoms with Gasteiger partial charge in [-0.05, 0) is 18.9 Å². The first kappa shape index (κ1) is 12.9. The van der Waals surface area contributed by atoms with Crippen LogP contribution < -0.4 is 11.1 Å². The number of aromatic nitrogens is 3. The van der Waals surface area contributed by atoms with Crippen LogP contribution in [0.4, 0.5) is 11.5 Å². The van der Waals surface area contributed by atoms with E-state index in [9.17, 15) is 0 Å². The molecule has 6 heteroatoms. The van der Waals surface area contributed by atoms with E-state index in [2.05, 4.69) is 15.3 Å².